The predicted octanol–water partition coefficient (Wildman–Crippen LogP) is 19.0. The van der Waals surface area contributed by atoms with E-state index >= 15 is 0 Å². The summed E-state index contributed by atoms with van der Waals surface area (Å²) in [5.41, 5.74) is 17.3. The van der Waals surface area contributed by atoms with E-state index in [4.69, 9.17) is 24.4 Å². The number of benzene rings is 11. The second kappa shape index (κ2) is 20.3. The topological polar surface area (TPSA) is 71.2 Å². The van der Waals surface area contributed by atoms with Gasteiger partial charge in [0.25, 0.3) is 0 Å². The van der Waals surface area contributed by atoms with Crippen molar-refractivity contribution in [3.63, 3.8) is 0 Å². The first-order valence-electron chi connectivity index (χ1n) is 27.6. The second-order valence-electron chi connectivity index (χ2n) is 20.6. The third-order valence-corrected chi connectivity index (χ3v) is 15.7. The minimum Gasteiger partial charge on any atom is -0.456 e. The highest BCUT2D eigenvalue weighted by Crippen LogP contribution is 2.60. The van der Waals surface area contributed by atoms with Crippen molar-refractivity contribution < 1.29 is 4.42 Å². The predicted molar refractivity (Wildman–Crippen MR) is 334 cm³/mol. The quantitative estimate of drug-likeness (QED) is 0.128. The highest BCUT2D eigenvalue weighted by Gasteiger charge is 2.56. The second-order valence-corrected chi connectivity index (χ2v) is 20.6. The first kappa shape index (κ1) is 48.1. The molecule has 1 aliphatic heterocycles. The summed E-state index contributed by atoms with van der Waals surface area (Å²) >= 11 is 0. The number of fused-ring (bicyclic) bond motifs is 4. The van der Waals surface area contributed by atoms with Crippen molar-refractivity contribution in [2.24, 2.45) is 0 Å². The van der Waals surface area contributed by atoms with Gasteiger partial charge in [-0.05, 0) is 63.7 Å². The Morgan fingerprint density at radius 3 is 0.939 bits per heavy atom. The Morgan fingerprint density at radius 2 is 0.537 bits per heavy atom. The van der Waals surface area contributed by atoms with Gasteiger partial charge in [-0.2, -0.15) is 0 Å². The fraction of sp³-hybridized carbons (Fsp3) is 0.0133. The van der Waals surface area contributed by atoms with Crippen LogP contribution in [0, 0.1) is 0 Å². The van der Waals surface area contributed by atoms with Crippen LogP contribution in [0.4, 0.5) is 23.3 Å². The number of aromatic nitrogens is 4. The molecule has 3 aromatic heterocycles. The van der Waals surface area contributed by atoms with Crippen LogP contribution in [-0.4, -0.2) is 19.9 Å². The molecule has 0 spiro atoms. The molecule has 11 aromatic carbocycles. The van der Waals surface area contributed by atoms with Gasteiger partial charge in [0, 0.05) is 50.2 Å². The summed E-state index contributed by atoms with van der Waals surface area (Å²) in [6.45, 7) is 0. The van der Waals surface area contributed by atoms with Gasteiger partial charge in [-0.1, -0.05) is 267 Å². The lowest BCUT2D eigenvalue weighted by atomic mass is 9.88. The van der Waals surface area contributed by atoms with Crippen molar-refractivity contribution in [3.8, 4) is 78.4 Å². The van der Waals surface area contributed by atoms with E-state index in [-0.39, 0.29) is 0 Å². The van der Waals surface area contributed by atoms with E-state index < -0.39 is 5.66 Å². The van der Waals surface area contributed by atoms with Crippen LogP contribution in [0.15, 0.2) is 308 Å². The van der Waals surface area contributed by atoms with Gasteiger partial charge in [0.1, 0.15) is 11.2 Å². The average Bonchev–Trinajstić information content (AvgIpc) is 2.13. The molecular formula is C75H50N6O. The molecule has 7 nitrogen and oxygen atoms in total. The minimum absolute atomic E-state index is 0.470. The van der Waals surface area contributed by atoms with Crippen LogP contribution in [-0.2, 0) is 5.66 Å². The number of furan rings is 1. The average molecular weight is 1050 g/mol. The van der Waals surface area contributed by atoms with E-state index in [1.807, 2.05) is 30.3 Å². The molecule has 1 aliphatic rings. The minimum atomic E-state index is -1.28. The number of hydrogen-bond acceptors (Lipinski definition) is 7. The summed E-state index contributed by atoms with van der Waals surface area (Å²) in [4.78, 5) is 27.5. The van der Waals surface area contributed by atoms with Crippen LogP contribution in [0.3, 0.4) is 0 Å². The summed E-state index contributed by atoms with van der Waals surface area (Å²) < 4.78 is 7.06. The van der Waals surface area contributed by atoms with Gasteiger partial charge in [-0.25, -0.2) is 19.9 Å². The lowest BCUT2D eigenvalue weighted by Gasteiger charge is -2.45. The summed E-state index contributed by atoms with van der Waals surface area (Å²) in [7, 11) is 0. The van der Waals surface area contributed by atoms with Gasteiger partial charge in [0.15, 0.2) is 5.66 Å². The molecule has 0 atom stereocenters. The molecule has 0 radical (unpaired) electrons. The Hall–Kier alpha value is -11.0. The van der Waals surface area contributed by atoms with E-state index in [2.05, 4.69) is 283 Å². The number of rotatable bonds is 11. The molecule has 15 rings (SSSR count). The molecule has 7 heteroatoms. The number of hydrogen-bond donors (Lipinski definition) is 0. The van der Waals surface area contributed by atoms with Crippen molar-refractivity contribution in [2.45, 2.75) is 5.66 Å². The summed E-state index contributed by atoms with van der Waals surface area (Å²) in [5.74, 6) is 0.951. The lowest BCUT2D eigenvalue weighted by molar-refractivity contribution is 0.542. The van der Waals surface area contributed by atoms with E-state index in [0.717, 1.165) is 123 Å². The fourth-order valence-corrected chi connectivity index (χ4v) is 11.8. The van der Waals surface area contributed by atoms with Crippen LogP contribution in [0.1, 0.15) is 11.1 Å². The zero-order valence-corrected chi connectivity index (χ0v) is 44.5. The first-order chi connectivity index (χ1) is 40.6. The zero-order valence-electron chi connectivity index (χ0n) is 44.5. The monoisotopic (exact) mass is 1050 g/mol. The largest absolute Gasteiger partial charge is 0.456 e. The van der Waals surface area contributed by atoms with E-state index in [9.17, 15) is 0 Å². The van der Waals surface area contributed by atoms with Crippen molar-refractivity contribution >= 4 is 45.2 Å². The fourth-order valence-electron chi connectivity index (χ4n) is 11.8. The Morgan fingerprint density at radius 1 is 0.244 bits per heavy atom. The Bertz CT molecular complexity index is 4540. The number of anilines is 4. The van der Waals surface area contributed by atoms with Crippen molar-refractivity contribution in [1.29, 1.82) is 0 Å². The third kappa shape index (κ3) is 8.47. The molecular weight excluding hydrogens is 1000 g/mol. The highest BCUT2D eigenvalue weighted by atomic mass is 16.3. The summed E-state index contributed by atoms with van der Waals surface area (Å²) in [6, 6.07) is 106. The van der Waals surface area contributed by atoms with Crippen LogP contribution >= 0.6 is 0 Å². The zero-order chi connectivity index (χ0) is 54.4. The summed E-state index contributed by atoms with van der Waals surface area (Å²) in [5, 5.41) is 1.94. The van der Waals surface area contributed by atoms with Gasteiger partial charge >= 0.3 is 0 Å². The molecule has 386 valence electrons. The first-order valence-corrected chi connectivity index (χ1v) is 27.6. The molecule has 0 bridgehead atoms. The van der Waals surface area contributed by atoms with Gasteiger partial charge < -0.3 is 4.42 Å². The van der Waals surface area contributed by atoms with Crippen LogP contribution < -0.4 is 9.80 Å². The highest BCUT2D eigenvalue weighted by molar-refractivity contribution is 6.11. The SMILES string of the molecule is c1ccc(-c2ccc(-c3cc(-c4ccccc4)nc(N4c5cc6oc7cc(-c8ccccc8)ccc7c6cc5N(c5nc(-c6ccccc6)cc(-c6ccc(-c7ccccc7)cc6)n5)C4(c4ccccc4)c4ccccc4)n3)cc2)cc1. The molecule has 0 amide bonds. The Balaban J connectivity index is 1.04. The van der Waals surface area contributed by atoms with Crippen LogP contribution in [0.5, 0.6) is 0 Å². The molecule has 0 N–H and O–H groups in total. The summed E-state index contributed by atoms with van der Waals surface area (Å²) in [6.07, 6.45) is 0. The third-order valence-electron chi connectivity index (χ3n) is 15.7. The van der Waals surface area contributed by atoms with Crippen molar-refractivity contribution in [1.82, 2.24) is 19.9 Å². The van der Waals surface area contributed by atoms with E-state index in [0.29, 0.717) is 11.9 Å². The smallest absolute Gasteiger partial charge is 0.233 e. The maximum Gasteiger partial charge on any atom is 0.233 e. The maximum absolute atomic E-state index is 7.06. The molecule has 0 aliphatic carbocycles. The molecule has 14 aromatic rings. The van der Waals surface area contributed by atoms with Crippen molar-refractivity contribution in [2.75, 3.05) is 9.80 Å². The maximum atomic E-state index is 7.06. The molecule has 82 heavy (non-hydrogen) atoms. The van der Waals surface area contributed by atoms with E-state index in [1.165, 1.54) is 0 Å². The molecule has 4 heterocycles. The van der Waals surface area contributed by atoms with Crippen LogP contribution in [0.25, 0.3) is 100 Å². The number of nitrogens with zero attached hydrogens (tertiary/aromatic N) is 6. The van der Waals surface area contributed by atoms with Gasteiger partial charge in [0.2, 0.25) is 11.9 Å². The van der Waals surface area contributed by atoms with Gasteiger partial charge in [-0.3, -0.25) is 9.80 Å². The standard InChI is InChI=1S/C75H50N6O/c1-8-22-51(23-9-1)54-36-40-58(41-37-54)67-48-65(56-28-14-4-15-29-56)76-73(78-67)80-69-47-64-63-45-44-60(53-26-12-3-13-27-53)46-71(63)82-72(64)50-70(69)81(75(80,61-32-18-6-19-33-61)62-34-20-7-21-35-62)74-77-66(57-30-16-5-17-31-57)49-68(79-74)59-42-38-55(39-43-59)52-24-10-2-11-25-52/h1-50H. The molecule has 0 saturated carbocycles. The molecule has 0 fully saturated rings. The Labute approximate surface area is 475 Å². The lowest BCUT2D eigenvalue weighted by Crippen LogP contribution is -2.52. The van der Waals surface area contributed by atoms with E-state index in [1.54, 1.807) is 0 Å². The molecule has 0 unspecified atom stereocenters. The van der Waals surface area contributed by atoms with Gasteiger partial charge in [0.05, 0.1) is 34.2 Å². The van der Waals surface area contributed by atoms with Crippen LogP contribution in [0.2, 0.25) is 0 Å². The van der Waals surface area contributed by atoms with Gasteiger partial charge in [-0.15, -0.1) is 0 Å². The van der Waals surface area contributed by atoms with Crippen molar-refractivity contribution in [3.05, 3.63) is 314 Å². The Kier molecular flexibility index (Phi) is 11.9. The molecule has 0 saturated heterocycles. The normalized spacial score (nSPS) is 12.7.